The van der Waals surface area contributed by atoms with Crippen molar-refractivity contribution in [1.29, 1.82) is 0 Å². The summed E-state index contributed by atoms with van der Waals surface area (Å²) in [6, 6.07) is 0. The Morgan fingerprint density at radius 1 is 0.738 bits per heavy atom. The summed E-state index contributed by atoms with van der Waals surface area (Å²) < 4.78 is 47.7. The van der Waals surface area contributed by atoms with Gasteiger partial charge < -0.3 is 68.5 Å². The lowest BCUT2D eigenvalue weighted by Crippen LogP contribution is -2.57. The minimum absolute atomic E-state index is 0.0118. The molecule has 25 unspecified atom stereocenters. The molecule has 454 valence electrons. The fourth-order valence-corrected chi connectivity index (χ4v) is 16.2. The second-order valence-corrected chi connectivity index (χ2v) is 25.9. The molecule has 0 radical (unpaired) electrons. The van der Waals surface area contributed by atoms with Crippen LogP contribution in [0.15, 0.2) is 46.3 Å². The van der Waals surface area contributed by atoms with Crippen LogP contribution < -0.4 is 0 Å². The highest BCUT2D eigenvalue weighted by Crippen LogP contribution is 2.63. The topological polar surface area (TPSA) is 246 Å². The molecule has 8 aliphatic rings. The zero-order valence-corrected chi connectivity index (χ0v) is 50.6. The van der Waals surface area contributed by atoms with Crippen LogP contribution in [-0.4, -0.2) is 160 Å². The van der Waals surface area contributed by atoms with Crippen molar-refractivity contribution in [1.82, 2.24) is 0 Å². The Morgan fingerprint density at radius 3 is 2.00 bits per heavy atom. The van der Waals surface area contributed by atoms with E-state index >= 15 is 4.79 Å². The zero-order valence-electron chi connectivity index (χ0n) is 50.6. The van der Waals surface area contributed by atoms with Gasteiger partial charge in [-0.1, -0.05) is 89.8 Å². The van der Waals surface area contributed by atoms with Crippen LogP contribution in [0.3, 0.4) is 0 Å². The summed E-state index contributed by atoms with van der Waals surface area (Å²) in [7, 11) is 3.35. The number of ketones is 2. The van der Waals surface area contributed by atoms with Crippen molar-refractivity contribution in [3.05, 3.63) is 46.3 Å². The van der Waals surface area contributed by atoms with Crippen molar-refractivity contribution >= 4 is 17.5 Å². The van der Waals surface area contributed by atoms with Gasteiger partial charge in [-0.3, -0.25) is 9.59 Å². The Balaban J connectivity index is 0.000000269. The van der Waals surface area contributed by atoms with Gasteiger partial charge in [-0.15, -0.1) is 0 Å². The van der Waals surface area contributed by atoms with E-state index < -0.39 is 107 Å². The SMILES string of the molecule is CC/C1=C\C(CO)CC(C)C(OC)C(C)CCCC2(C)C=C(C)C(C)CC23OC(=O)C(=C(O)C2(CC)C1C(C)=CC1C(O)CC(=O)C(C)C12)C3=O.COC1CC(OC2C(O)CC(C)OC2C)OC(C)C1OC1CC(O)C(O)C(C)O1. The molecule has 1 saturated carbocycles. The molecule has 80 heavy (non-hydrogen) atoms. The first kappa shape index (κ1) is 64.6. The Bertz CT molecular complexity index is 2290. The summed E-state index contributed by atoms with van der Waals surface area (Å²) in [5, 5.41) is 65.5. The number of hydrogen-bond donors (Lipinski definition) is 6. The number of esters is 1. The fraction of sp³-hybridized carbons (Fsp3) is 0.825. The van der Waals surface area contributed by atoms with Crippen LogP contribution >= 0.6 is 0 Å². The van der Waals surface area contributed by atoms with Gasteiger partial charge in [0.05, 0.1) is 54.9 Å². The van der Waals surface area contributed by atoms with Gasteiger partial charge in [0, 0.05) is 87.4 Å². The van der Waals surface area contributed by atoms with Crippen LogP contribution in [0.5, 0.6) is 0 Å². The molecule has 0 aromatic carbocycles. The van der Waals surface area contributed by atoms with Gasteiger partial charge in [-0.05, 0) is 97.3 Å². The van der Waals surface area contributed by atoms with Crippen molar-refractivity contribution < 1.29 is 82.9 Å². The number of aliphatic hydroxyl groups is 6. The predicted molar refractivity (Wildman–Crippen MR) is 299 cm³/mol. The van der Waals surface area contributed by atoms with Crippen molar-refractivity contribution in [3.63, 3.8) is 0 Å². The van der Waals surface area contributed by atoms with E-state index in [1.165, 1.54) is 0 Å². The maximum atomic E-state index is 15.2. The number of rotatable bonds is 9. The number of Topliss-reactive ketones (excluding diaryl/α,β-unsaturated/α-hetero) is 2. The Morgan fingerprint density at radius 2 is 1.39 bits per heavy atom. The van der Waals surface area contributed by atoms with Crippen LogP contribution in [0, 0.1) is 58.2 Å². The summed E-state index contributed by atoms with van der Waals surface area (Å²) >= 11 is 0. The highest BCUT2D eigenvalue weighted by molar-refractivity contribution is 6.26. The van der Waals surface area contributed by atoms with Crippen molar-refractivity contribution in [3.8, 4) is 0 Å². The fourth-order valence-electron chi connectivity index (χ4n) is 16.2. The summed E-state index contributed by atoms with van der Waals surface area (Å²) in [6.45, 7) is 25.7. The molecule has 25 atom stereocenters. The van der Waals surface area contributed by atoms with Gasteiger partial charge in [-0.25, -0.2) is 4.79 Å². The lowest BCUT2D eigenvalue weighted by atomic mass is 9.47. The van der Waals surface area contributed by atoms with Gasteiger partial charge in [0.25, 0.3) is 0 Å². The number of carbonyl (C=O) groups excluding carboxylic acids is 3. The predicted octanol–water partition coefficient (Wildman–Crippen LogP) is 7.96. The number of hydrogen-bond acceptors (Lipinski definition) is 17. The highest BCUT2D eigenvalue weighted by Gasteiger charge is 2.67. The third kappa shape index (κ3) is 12.3. The molecule has 4 heterocycles. The molecular weight excluding hydrogens is 1030 g/mol. The van der Waals surface area contributed by atoms with Crippen molar-refractivity contribution in [2.75, 3.05) is 20.8 Å². The van der Waals surface area contributed by atoms with E-state index in [9.17, 15) is 40.2 Å². The summed E-state index contributed by atoms with van der Waals surface area (Å²) in [5.74, 6) is -3.69. The van der Waals surface area contributed by atoms with Crippen LogP contribution in [0.1, 0.15) is 161 Å². The third-order valence-electron chi connectivity index (χ3n) is 20.5. The molecule has 8 rings (SSSR count). The minimum atomic E-state index is -1.49. The van der Waals surface area contributed by atoms with Crippen LogP contribution in [0.4, 0.5) is 0 Å². The minimum Gasteiger partial charge on any atom is -0.511 e. The Kier molecular flexibility index (Phi) is 21.1. The average Bonchev–Trinajstić information content (AvgIpc) is 3.65. The molecule has 17 nitrogen and oxygen atoms in total. The van der Waals surface area contributed by atoms with E-state index in [4.69, 9.17) is 37.9 Å². The normalized spacial score (nSPS) is 47.5. The van der Waals surface area contributed by atoms with E-state index in [1.807, 2.05) is 62.3 Å². The summed E-state index contributed by atoms with van der Waals surface area (Å²) in [4.78, 5) is 43.2. The second kappa shape index (κ2) is 26.1. The first-order valence-electron chi connectivity index (χ1n) is 30.2. The number of methoxy groups -OCH3 is 2. The molecule has 0 aromatic heterocycles. The molecule has 5 fully saturated rings. The smallest absolute Gasteiger partial charge is 0.346 e. The molecule has 17 heteroatoms. The maximum absolute atomic E-state index is 15.2. The van der Waals surface area contributed by atoms with Crippen LogP contribution in [0.2, 0.25) is 0 Å². The molecule has 4 aliphatic carbocycles. The number of allylic oxidation sites excluding steroid dienone is 4. The Labute approximate surface area is 476 Å². The number of carbonyl (C=O) groups is 3. The van der Waals surface area contributed by atoms with Crippen molar-refractivity contribution in [2.45, 2.75) is 252 Å². The Hall–Kier alpha value is -2.91. The quantitative estimate of drug-likeness (QED) is 0.0728. The number of fused-ring (bicyclic) bond motifs is 4. The first-order chi connectivity index (χ1) is 37.7. The van der Waals surface area contributed by atoms with E-state index in [2.05, 4.69) is 39.0 Å². The monoisotopic (exact) mass is 1130 g/mol. The van der Waals surface area contributed by atoms with Gasteiger partial charge in [-0.2, -0.15) is 0 Å². The van der Waals surface area contributed by atoms with Crippen LogP contribution in [0.25, 0.3) is 0 Å². The lowest BCUT2D eigenvalue weighted by molar-refractivity contribution is -0.328. The lowest BCUT2D eigenvalue weighted by Gasteiger charge is -2.56. The highest BCUT2D eigenvalue weighted by atomic mass is 16.7. The summed E-state index contributed by atoms with van der Waals surface area (Å²) in [6.07, 6.45) is 4.51. The van der Waals surface area contributed by atoms with Gasteiger partial charge in [0.2, 0.25) is 5.78 Å². The van der Waals surface area contributed by atoms with E-state index in [0.717, 1.165) is 29.6 Å². The number of aliphatic hydroxyl groups excluding tert-OH is 6. The number of ether oxygens (including phenoxy) is 8. The van der Waals surface area contributed by atoms with E-state index in [0.29, 0.717) is 44.9 Å². The first-order valence-corrected chi connectivity index (χ1v) is 30.2. The van der Waals surface area contributed by atoms with Gasteiger partial charge >= 0.3 is 5.97 Å². The molecule has 4 saturated heterocycles. The van der Waals surface area contributed by atoms with E-state index in [1.54, 1.807) is 21.1 Å². The maximum Gasteiger partial charge on any atom is 0.346 e. The zero-order chi connectivity index (χ0) is 59.1. The third-order valence-corrected chi connectivity index (χ3v) is 20.5. The second-order valence-electron chi connectivity index (χ2n) is 25.9. The molecule has 6 N–H and O–H groups in total. The molecule has 4 aliphatic heterocycles. The molecular formula is C63H100O17. The van der Waals surface area contributed by atoms with Gasteiger partial charge in [0.15, 0.2) is 18.2 Å². The van der Waals surface area contributed by atoms with E-state index in [-0.39, 0.29) is 90.8 Å². The van der Waals surface area contributed by atoms with Crippen LogP contribution in [-0.2, 0) is 52.3 Å². The average molecular weight is 1130 g/mol. The largest absolute Gasteiger partial charge is 0.511 e. The van der Waals surface area contributed by atoms with Crippen molar-refractivity contribution in [2.24, 2.45) is 58.2 Å². The van der Waals surface area contributed by atoms with Gasteiger partial charge in [0.1, 0.15) is 35.4 Å². The summed E-state index contributed by atoms with van der Waals surface area (Å²) in [5.41, 5.74) is -0.854. The molecule has 1 spiro atoms. The molecule has 0 aromatic rings. The molecule has 2 bridgehead atoms. The molecule has 0 amide bonds. The standard InChI is InChI=1S/C43H64O8.C20H36O9/c1-11-30-18-29(22-44)16-25(5)37(50-10)23(3)14-13-15-41(9)20-26(6)27(7)21-43(41)39(48)34(40(49)51-43)38(47)42(12-2)35(30)24(4)17-31-33(46)19-32(45)28(8)36(31)42;1-9-6-14(22)19(11(3)25-9)28-17-8-15(24-5)20(12(4)27-17)29-16-7-13(21)18(23)10(2)26-16/h17-18,20,23,25,27-29,31,33,35-37,44,46-47H,11-16,19,21-22H2,1-10H3;9-23H,6-8H2,1-5H3/b30-18+,38-34?;.